The predicted molar refractivity (Wildman–Crippen MR) is 83.3 cm³/mol. The predicted octanol–water partition coefficient (Wildman–Crippen LogP) is 0.0254. The first-order valence-electron chi connectivity index (χ1n) is 7.66. The molecular formula is C15H19N5O3. The molecule has 0 spiro atoms. The number of H-pyrrole nitrogens is 1. The number of nitrogens with zero attached hydrogens (tertiary/aromatic N) is 4. The summed E-state index contributed by atoms with van der Waals surface area (Å²) in [6.07, 6.45) is 2.21. The minimum absolute atomic E-state index is 0.0556. The summed E-state index contributed by atoms with van der Waals surface area (Å²) < 4.78 is 1.23. The van der Waals surface area contributed by atoms with Gasteiger partial charge in [-0.25, -0.2) is 9.50 Å². The van der Waals surface area contributed by atoms with Crippen molar-refractivity contribution in [2.45, 2.75) is 20.3 Å². The third kappa shape index (κ3) is 2.71. The van der Waals surface area contributed by atoms with Gasteiger partial charge in [0.05, 0.1) is 0 Å². The standard InChI is InChI=1S/C15H19N5O3/c1-3-18-5-4-6-19(9-13(18)22)15(23)11-8-16-20-12(21)7-10(2)17-14(11)20/h7-8,16H,3-6,9H2,1-2H3. The van der Waals surface area contributed by atoms with E-state index in [2.05, 4.69) is 10.1 Å². The Morgan fingerprint density at radius 2 is 2.13 bits per heavy atom. The minimum atomic E-state index is -0.285. The van der Waals surface area contributed by atoms with Crippen molar-refractivity contribution in [3.63, 3.8) is 0 Å². The molecule has 0 saturated carbocycles. The highest BCUT2D eigenvalue weighted by molar-refractivity contribution is 6.01. The summed E-state index contributed by atoms with van der Waals surface area (Å²) in [7, 11) is 0. The third-order valence-corrected chi connectivity index (χ3v) is 4.06. The maximum Gasteiger partial charge on any atom is 0.272 e. The number of aromatic nitrogens is 3. The van der Waals surface area contributed by atoms with E-state index in [-0.39, 0.29) is 23.9 Å². The number of carbonyl (C=O) groups excluding carboxylic acids is 2. The molecule has 0 aromatic carbocycles. The van der Waals surface area contributed by atoms with Crippen LogP contribution in [0.15, 0.2) is 17.1 Å². The van der Waals surface area contributed by atoms with E-state index in [1.807, 2.05) is 6.92 Å². The lowest BCUT2D eigenvalue weighted by atomic mass is 10.2. The van der Waals surface area contributed by atoms with Gasteiger partial charge in [0.25, 0.3) is 11.5 Å². The third-order valence-electron chi connectivity index (χ3n) is 4.06. The highest BCUT2D eigenvalue weighted by Gasteiger charge is 2.27. The van der Waals surface area contributed by atoms with E-state index in [9.17, 15) is 14.4 Å². The van der Waals surface area contributed by atoms with Crippen molar-refractivity contribution in [2.24, 2.45) is 0 Å². The number of aryl methyl sites for hydroxylation is 1. The van der Waals surface area contributed by atoms with Crippen LogP contribution in [0.25, 0.3) is 5.65 Å². The smallest absolute Gasteiger partial charge is 0.272 e. The zero-order chi connectivity index (χ0) is 16.6. The van der Waals surface area contributed by atoms with Gasteiger partial charge < -0.3 is 9.80 Å². The zero-order valence-corrected chi connectivity index (χ0v) is 13.2. The van der Waals surface area contributed by atoms with Crippen molar-refractivity contribution < 1.29 is 9.59 Å². The molecule has 0 bridgehead atoms. The van der Waals surface area contributed by atoms with E-state index in [0.29, 0.717) is 36.5 Å². The van der Waals surface area contributed by atoms with Gasteiger partial charge in [-0.15, -0.1) is 0 Å². The molecule has 0 radical (unpaired) electrons. The summed E-state index contributed by atoms with van der Waals surface area (Å²) in [6.45, 7) is 5.49. The fourth-order valence-corrected chi connectivity index (χ4v) is 2.85. The number of fused-ring (bicyclic) bond motifs is 1. The zero-order valence-electron chi connectivity index (χ0n) is 13.2. The van der Waals surface area contributed by atoms with Crippen molar-refractivity contribution in [3.05, 3.63) is 33.9 Å². The molecule has 1 N–H and O–H groups in total. The van der Waals surface area contributed by atoms with Crippen LogP contribution in [0.5, 0.6) is 0 Å². The summed E-state index contributed by atoms with van der Waals surface area (Å²) in [6, 6.07) is 1.40. The molecule has 3 rings (SSSR count). The van der Waals surface area contributed by atoms with Crippen LogP contribution >= 0.6 is 0 Å². The van der Waals surface area contributed by atoms with Crippen LogP contribution < -0.4 is 5.56 Å². The van der Waals surface area contributed by atoms with Crippen LogP contribution in [0.3, 0.4) is 0 Å². The van der Waals surface area contributed by atoms with Gasteiger partial charge in [-0.2, -0.15) is 0 Å². The highest BCUT2D eigenvalue weighted by atomic mass is 16.2. The Labute approximate surface area is 132 Å². The van der Waals surface area contributed by atoms with Gasteiger partial charge in [0.2, 0.25) is 5.91 Å². The van der Waals surface area contributed by atoms with E-state index >= 15 is 0 Å². The summed E-state index contributed by atoms with van der Waals surface area (Å²) >= 11 is 0. The maximum atomic E-state index is 12.8. The SMILES string of the molecule is CCN1CCCN(C(=O)c2c[nH]n3c(=O)cc(C)nc23)CC1=O. The Morgan fingerprint density at radius 1 is 1.35 bits per heavy atom. The number of aromatic amines is 1. The topological polar surface area (TPSA) is 90.8 Å². The molecule has 2 amide bonds. The lowest BCUT2D eigenvalue weighted by Crippen LogP contribution is -2.39. The number of carbonyl (C=O) groups is 2. The monoisotopic (exact) mass is 317 g/mol. The van der Waals surface area contributed by atoms with E-state index < -0.39 is 0 Å². The molecule has 3 heterocycles. The molecule has 1 aliphatic rings. The van der Waals surface area contributed by atoms with Crippen LogP contribution in [0.4, 0.5) is 0 Å². The lowest BCUT2D eigenvalue weighted by molar-refractivity contribution is -0.130. The number of rotatable bonds is 2. The van der Waals surface area contributed by atoms with Crippen molar-refractivity contribution in [1.29, 1.82) is 0 Å². The van der Waals surface area contributed by atoms with Crippen molar-refractivity contribution >= 4 is 17.5 Å². The molecule has 8 nitrogen and oxygen atoms in total. The summed E-state index contributed by atoms with van der Waals surface area (Å²) in [5.41, 5.74) is 0.885. The second-order valence-electron chi connectivity index (χ2n) is 5.64. The number of hydrogen-bond acceptors (Lipinski definition) is 4. The number of amides is 2. The average molecular weight is 317 g/mol. The van der Waals surface area contributed by atoms with Gasteiger partial charge in [0.15, 0.2) is 5.65 Å². The van der Waals surface area contributed by atoms with Gasteiger partial charge >= 0.3 is 0 Å². The molecule has 23 heavy (non-hydrogen) atoms. The first-order chi connectivity index (χ1) is 11.0. The summed E-state index contributed by atoms with van der Waals surface area (Å²) in [4.78, 5) is 44.4. The second-order valence-corrected chi connectivity index (χ2v) is 5.64. The normalized spacial score (nSPS) is 16.0. The Balaban J connectivity index is 1.94. The molecule has 1 fully saturated rings. The van der Waals surface area contributed by atoms with Crippen LogP contribution in [-0.2, 0) is 4.79 Å². The fourth-order valence-electron chi connectivity index (χ4n) is 2.85. The second kappa shape index (κ2) is 5.86. The number of hydrogen-bond donors (Lipinski definition) is 1. The number of likely N-dealkylation sites (N-methyl/N-ethyl adjacent to an activating group) is 1. The molecule has 1 aliphatic heterocycles. The first kappa shape index (κ1) is 15.3. The molecule has 2 aromatic heterocycles. The van der Waals surface area contributed by atoms with E-state index in [1.54, 1.807) is 11.8 Å². The Kier molecular flexibility index (Phi) is 3.89. The van der Waals surface area contributed by atoms with Gasteiger partial charge in [-0.1, -0.05) is 0 Å². The van der Waals surface area contributed by atoms with Crippen LogP contribution in [0.1, 0.15) is 29.4 Å². The Morgan fingerprint density at radius 3 is 2.87 bits per heavy atom. The first-order valence-corrected chi connectivity index (χ1v) is 7.66. The van der Waals surface area contributed by atoms with Gasteiger partial charge in [-0.05, 0) is 20.3 Å². The average Bonchev–Trinajstić information content (AvgIpc) is 2.83. The summed E-state index contributed by atoms with van der Waals surface area (Å²) in [5.74, 6) is -0.341. The Hall–Kier alpha value is -2.64. The Bertz CT molecular complexity index is 822. The van der Waals surface area contributed by atoms with E-state index in [0.717, 1.165) is 6.42 Å². The summed E-state index contributed by atoms with van der Waals surface area (Å²) in [5, 5.41) is 2.75. The van der Waals surface area contributed by atoms with Gasteiger partial charge in [0.1, 0.15) is 12.1 Å². The molecule has 8 heteroatoms. The maximum absolute atomic E-state index is 12.8. The fraction of sp³-hybridized carbons (Fsp3) is 0.467. The quantitative estimate of drug-likeness (QED) is 0.846. The molecule has 2 aromatic rings. The van der Waals surface area contributed by atoms with Gasteiger partial charge in [0, 0.05) is 37.6 Å². The molecule has 0 atom stereocenters. The minimum Gasteiger partial charge on any atom is -0.341 e. The molecule has 122 valence electrons. The number of nitrogens with one attached hydrogen (secondary N) is 1. The van der Waals surface area contributed by atoms with Crippen molar-refractivity contribution in [1.82, 2.24) is 24.4 Å². The van der Waals surface area contributed by atoms with E-state index in [1.165, 1.54) is 21.7 Å². The molecular weight excluding hydrogens is 298 g/mol. The largest absolute Gasteiger partial charge is 0.341 e. The van der Waals surface area contributed by atoms with E-state index in [4.69, 9.17) is 0 Å². The molecule has 1 saturated heterocycles. The van der Waals surface area contributed by atoms with Crippen LogP contribution in [-0.4, -0.2) is 62.4 Å². The highest BCUT2D eigenvalue weighted by Crippen LogP contribution is 2.13. The van der Waals surface area contributed by atoms with Gasteiger partial charge in [-0.3, -0.25) is 19.5 Å². The molecule has 0 aliphatic carbocycles. The van der Waals surface area contributed by atoms with Crippen molar-refractivity contribution in [3.8, 4) is 0 Å². The van der Waals surface area contributed by atoms with Crippen LogP contribution in [0, 0.1) is 6.92 Å². The van der Waals surface area contributed by atoms with Crippen LogP contribution in [0.2, 0.25) is 0 Å². The lowest BCUT2D eigenvalue weighted by Gasteiger charge is -2.20. The van der Waals surface area contributed by atoms with Crippen molar-refractivity contribution in [2.75, 3.05) is 26.2 Å². The molecule has 0 unspecified atom stereocenters.